The number of benzene rings is 1. The molecule has 0 heterocycles. The molecule has 0 radical (unpaired) electrons. The molecule has 1 atom stereocenters. The second kappa shape index (κ2) is 5.04. The van der Waals surface area contributed by atoms with E-state index in [1.54, 1.807) is 11.8 Å². The van der Waals surface area contributed by atoms with E-state index in [4.69, 9.17) is 0 Å². The number of hydrogen-bond donors (Lipinski definition) is 1. The van der Waals surface area contributed by atoms with Crippen molar-refractivity contribution >= 4 is 11.8 Å². The Kier molecular flexibility index (Phi) is 4.23. The lowest BCUT2D eigenvalue weighted by atomic mass is 9.86. The first-order valence-corrected chi connectivity index (χ1v) is 6.62. The number of rotatable bonds is 3. The SMILES string of the molecule is CSCC(O)c1ccc(C(C)(C)C)cc1. The fourth-order valence-electron chi connectivity index (χ4n) is 1.46. The summed E-state index contributed by atoms with van der Waals surface area (Å²) in [4.78, 5) is 0. The summed E-state index contributed by atoms with van der Waals surface area (Å²) in [7, 11) is 0. The van der Waals surface area contributed by atoms with Crippen molar-refractivity contribution in [2.45, 2.75) is 32.3 Å². The molecule has 0 spiro atoms. The van der Waals surface area contributed by atoms with Crippen LogP contribution in [0, 0.1) is 0 Å². The molecular formula is C13H20OS. The highest BCUT2D eigenvalue weighted by atomic mass is 32.2. The molecule has 1 nitrogen and oxygen atoms in total. The predicted molar refractivity (Wildman–Crippen MR) is 68.5 cm³/mol. The number of hydrogen-bond acceptors (Lipinski definition) is 2. The van der Waals surface area contributed by atoms with Crippen molar-refractivity contribution in [3.8, 4) is 0 Å². The zero-order valence-electron chi connectivity index (χ0n) is 9.95. The zero-order chi connectivity index (χ0) is 11.5. The van der Waals surface area contributed by atoms with Gasteiger partial charge in [0.15, 0.2) is 0 Å². The van der Waals surface area contributed by atoms with Crippen molar-refractivity contribution in [1.29, 1.82) is 0 Å². The molecule has 0 fully saturated rings. The second-order valence-electron chi connectivity index (χ2n) is 4.84. The zero-order valence-corrected chi connectivity index (χ0v) is 10.8. The van der Waals surface area contributed by atoms with E-state index < -0.39 is 0 Å². The van der Waals surface area contributed by atoms with E-state index in [9.17, 15) is 5.11 Å². The Labute approximate surface area is 96.9 Å². The Morgan fingerprint density at radius 3 is 2.13 bits per heavy atom. The largest absolute Gasteiger partial charge is 0.388 e. The van der Waals surface area contributed by atoms with Crippen LogP contribution in [0.2, 0.25) is 0 Å². The fraction of sp³-hybridized carbons (Fsp3) is 0.538. The molecule has 0 amide bonds. The third-order valence-electron chi connectivity index (χ3n) is 2.49. The van der Waals surface area contributed by atoms with Gasteiger partial charge < -0.3 is 5.11 Å². The summed E-state index contributed by atoms with van der Waals surface area (Å²) in [5, 5.41) is 9.79. The first-order chi connectivity index (χ1) is 6.95. The van der Waals surface area contributed by atoms with Gasteiger partial charge in [0.1, 0.15) is 0 Å². The highest BCUT2D eigenvalue weighted by Gasteiger charge is 2.14. The Morgan fingerprint density at radius 2 is 1.73 bits per heavy atom. The molecule has 0 saturated heterocycles. The summed E-state index contributed by atoms with van der Waals surface area (Å²) < 4.78 is 0. The lowest BCUT2D eigenvalue weighted by molar-refractivity contribution is 0.204. The molecule has 0 saturated carbocycles. The maximum atomic E-state index is 9.79. The molecular weight excluding hydrogens is 204 g/mol. The quantitative estimate of drug-likeness (QED) is 0.849. The van der Waals surface area contributed by atoms with Crippen LogP contribution in [0.4, 0.5) is 0 Å². The van der Waals surface area contributed by atoms with Gasteiger partial charge in [-0.1, -0.05) is 45.0 Å². The minimum Gasteiger partial charge on any atom is -0.388 e. The highest BCUT2D eigenvalue weighted by molar-refractivity contribution is 7.98. The molecule has 84 valence electrons. The summed E-state index contributed by atoms with van der Waals surface area (Å²) in [6.07, 6.45) is 1.67. The molecule has 0 aromatic heterocycles. The van der Waals surface area contributed by atoms with Crippen LogP contribution < -0.4 is 0 Å². The maximum absolute atomic E-state index is 9.79. The van der Waals surface area contributed by atoms with Gasteiger partial charge in [-0.05, 0) is 22.8 Å². The molecule has 0 aliphatic rings. The molecule has 1 aromatic rings. The van der Waals surface area contributed by atoms with Crippen LogP contribution >= 0.6 is 11.8 Å². The van der Waals surface area contributed by atoms with Gasteiger partial charge in [-0.15, -0.1) is 0 Å². The van der Waals surface area contributed by atoms with E-state index in [-0.39, 0.29) is 11.5 Å². The van der Waals surface area contributed by atoms with Gasteiger partial charge in [0.25, 0.3) is 0 Å². The van der Waals surface area contributed by atoms with E-state index in [0.717, 1.165) is 11.3 Å². The molecule has 1 aromatic carbocycles. The smallest absolute Gasteiger partial charge is 0.0880 e. The van der Waals surface area contributed by atoms with E-state index in [2.05, 4.69) is 32.9 Å². The summed E-state index contributed by atoms with van der Waals surface area (Å²) >= 11 is 1.66. The Balaban J connectivity index is 2.81. The minimum absolute atomic E-state index is 0.184. The Bertz CT molecular complexity index is 297. The van der Waals surface area contributed by atoms with Crippen LogP contribution in [0.25, 0.3) is 0 Å². The molecule has 1 rings (SSSR count). The molecule has 0 aliphatic heterocycles. The van der Waals surface area contributed by atoms with Crippen LogP contribution in [0.5, 0.6) is 0 Å². The van der Waals surface area contributed by atoms with Crippen LogP contribution in [0.3, 0.4) is 0 Å². The summed E-state index contributed by atoms with van der Waals surface area (Å²) in [6.45, 7) is 6.58. The first-order valence-electron chi connectivity index (χ1n) is 5.22. The summed E-state index contributed by atoms with van der Waals surface area (Å²) in [5.74, 6) is 0.759. The van der Waals surface area contributed by atoms with Crippen LogP contribution in [-0.4, -0.2) is 17.1 Å². The fourth-order valence-corrected chi connectivity index (χ4v) is 1.97. The van der Waals surface area contributed by atoms with Gasteiger partial charge in [-0.2, -0.15) is 11.8 Å². The third-order valence-corrected chi connectivity index (χ3v) is 3.14. The molecule has 1 N–H and O–H groups in total. The number of thioether (sulfide) groups is 1. The standard InChI is InChI=1S/C13H20OS/c1-13(2,3)11-7-5-10(6-8-11)12(14)9-15-4/h5-8,12,14H,9H2,1-4H3. The van der Waals surface area contributed by atoms with Gasteiger partial charge in [0.2, 0.25) is 0 Å². The van der Waals surface area contributed by atoms with Gasteiger partial charge >= 0.3 is 0 Å². The van der Waals surface area contributed by atoms with Crippen molar-refractivity contribution in [2.75, 3.05) is 12.0 Å². The van der Waals surface area contributed by atoms with E-state index in [1.807, 2.05) is 18.4 Å². The Hall–Kier alpha value is -0.470. The second-order valence-corrected chi connectivity index (χ2v) is 5.75. The third kappa shape index (κ3) is 3.54. The lowest BCUT2D eigenvalue weighted by Gasteiger charge is -2.19. The van der Waals surface area contributed by atoms with Crippen molar-refractivity contribution in [3.05, 3.63) is 35.4 Å². The van der Waals surface area contributed by atoms with Crippen molar-refractivity contribution in [1.82, 2.24) is 0 Å². The number of aliphatic hydroxyl groups is 1. The monoisotopic (exact) mass is 224 g/mol. The molecule has 0 bridgehead atoms. The van der Waals surface area contributed by atoms with Gasteiger partial charge in [-0.3, -0.25) is 0 Å². The molecule has 1 unspecified atom stereocenters. The van der Waals surface area contributed by atoms with Crippen LogP contribution in [-0.2, 0) is 5.41 Å². The maximum Gasteiger partial charge on any atom is 0.0880 e. The number of aliphatic hydroxyl groups excluding tert-OH is 1. The van der Waals surface area contributed by atoms with Crippen molar-refractivity contribution in [2.24, 2.45) is 0 Å². The van der Waals surface area contributed by atoms with Gasteiger partial charge in [0.05, 0.1) is 6.10 Å². The average molecular weight is 224 g/mol. The highest BCUT2D eigenvalue weighted by Crippen LogP contribution is 2.24. The van der Waals surface area contributed by atoms with E-state index in [0.29, 0.717) is 0 Å². The van der Waals surface area contributed by atoms with Gasteiger partial charge in [0, 0.05) is 5.75 Å². The topological polar surface area (TPSA) is 20.2 Å². The van der Waals surface area contributed by atoms with Crippen molar-refractivity contribution < 1.29 is 5.11 Å². The normalized spacial score (nSPS) is 13.9. The van der Waals surface area contributed by atoms with E-state index >= 15 is 0 Å². The lowest BCUT2D eigenvalue weighted by Crippen LogP contribution is -2.11. The molecule has 2 heteroatoms. The van der Waals surface area contributed by atoms with Crippen LogP contribution in [0.1, 0.15) is 38.0 Å². The predicted octanol–water partition coefficient (Wildman–Crippen LogP) is 3.38. The molecule has 15 heavy (non-hydrogen) atoms. The first kappa shape index (κ1) is 12.6. The minimum atomic E-state index is -0.339. The van der Waals surface area contributed by atoms with E-state index in [1.165, 1.54) is 5.56 Å². The van der Waals surface area contributed by atoms with Crippen LogP contribution in [0.15, 0.2) is 24.3 Å². The van der Waals surface area contributed by atoms with Gasteiger partial charge in [-0.25, -0.2) is 0 Å². The Morgan fingerprint density at radius 1 is 1.20 bits per heavy atom. The average Bonchev–Trinajstić information content (AvgIpc) is 2.17. The summed E-state index contributed by atoms with van der Waals surface area (Å²) in [5.41, 5.74) is 2.50. The summed E-state index contributed by atoms with van der Waals surface area (Å²) in [6, 6.07) is 8.28. The molecule has 0 aliphatic carbocycles. The van der Waals surface area contributed by atoms with Crippen molar-refractivity contribution in [3.63, 3.8) is 0 Å².